The molecule has 0 aromatic carbocycles. The number of ketones is 1. The molecule has 17 heavy (non-hydrogen) atoms. The Kier molecular flexibility index (Phi) is 2.82. The molecule has 0 spiro atoms. The van der Waals surface area contributed by atoms with Crippen LogP contribution >= 0.6 is 11.8 Å². The maximum Gasteiger partial charge on any atom is 0.130 e. The van der Waals surface area contributed by atoms with Gasteiger partial charge in [0.25, 0.3) is 0 Å². The molecule has 0 heterocycles. The summed E-state index contributed by atoms with van der Waals surface area (Å²) in [6.07, 6.45) is 6.55. The Morgan fingerprint density at radius 1 is 1.29 bits per heavy atom. The third kappa shape index (κ3) is 2.17. The quantitative estimate of drug-likeness (QED) is 0.766. The third-order valence-electron chi connectivity index (χ3n) is 5.05. The number of rotatable bonds is 5. The summed E-state index contributed by atoms with van der Waals surface area (Å²) in [6, 6.07) is 0. The van der Waals surface area contributed by atoms with Crippen molar-refractivity contribution in [2.75, 3.05) is 11.5 Å². The first kappa shape index (κ1) is 12.0. The second kappa shape index (κ2) is 3.99. The Morgan fingerprint density at radius 2 is 1.94 bits per heavy atom. The molecule has 0 aromatic rings. The predicted octanol–water partition coefficient (Wildman–Crippen LogP) is 2.64. The highest BCUT2D eigenvalue weighted by Crippen LogP contribution is 2.66. The second-order valence-corrected chi connectivity index (χ2v) is 7.85. The molecule has 0 radical (unpaired) electrons. The van der Waals surface area contributed by atoms with Crippen LogP contribution in [0, 0.1) is 17.3 Å². The first-order chi connectivity index (χ1) is 8.00. The molecule has 4 fully saturated rings. The van der Waals surface area contributed by atoms with Gasteiger partial charge in [-0.2, -0.15) is 11.8 Å². The topological polar surface area (TPSA) is 37.3 Å². The lowest BCUT2D eigenvalue weighted by atomic mass is 9.68. The first-order valence-electron chi connectivity index (χ1n) is 6.80. The molecule has 4 aliphatic rings. The smallest absolute Gasteiger partial charge is 0.130 e. The van der Waals surface area contributed by atoms with E-state index in [1.807, 2.05) is 11.8 Å². The molecular formula is C14H22O2S. The van der Waals surface area contributed by atoms with Crippen LogP contribution in [-0.2, 0) is 4.79 Å². The van der Waals surface area contributed by atoms with Crippen molar-refractivity contribution < 1.29 is 9.90 Å². The molecule has 3 heteroatoms. The van der Waals surface area contributed by atoms with Gasteiger partial charge in [-0.25, -0.2) is 0 Å². The highest BCUT2D eigenvalue weighted by atomic mass is 32.2. The summed E-state index contributed by atoms with van der Waals surface area (Å²) in [4.78, 5) is 10.9. The fraction of sp³-hybridized carbons (Fsp3) is 0.929. The number of thioether (sulfide) groups is 1. The van der Waals surface area contributed by atoms with Crippen molar-refractivity contribution in [2.45, 2.75) is 51.0 Å². The van der Waals surface area contributed by atoms with Crippen molar-refractivity contribution in [3.05, 3.63) is 0 Å². The average Bonchev–Trinajstić information content (AvgIpc) is 2.57. The number of carbonyl (C=O) groups is 1. The molecule has 4 aliphatic carbocycles. The Balaban J connectivity index is 1.56. The number of carbonyl (C=O) groups excluding carboxylic acids is 1. The fourth-order valence-corrected chi connectivity index (χ4v) is 6.07. The fourth-order valence-electron chi connectivity index (χ4n) is 4.73. The van der Waals surface area contributed by atoms with Gasteiger partial charge in [0.1, 0.15) is 5.78 Å². The molecule has 0 saturated heterocycles. The Hall–Kier alpha value is -0.0200. The van der Waals surface area contributed by atoms with Gasteiger partial charge in [0.15, 0.2) is 0 Å². The van der Waals surface area contributed by atoms with Gasteiger partial charge in [0, 0.05) is 12.2 Å². The van der Waals surface area contributed by atoms with Crippen molar-refractivity contribution in [1.82, 2.24) is 0 Å². The molecule has 4 saturated carbocycles. The highest BCUT2D eigenvalue weighted by Gasteiger charge is 2.61. The van der Waals surface area contributed by atoms with E-state index in [1.165, 1.54) is 12.8 Å². The minimum Gasteiger partial charge on any atom is -0.390 e. The van der Waals surface area contributed by atoms with Crippen LogP contribution < -0.4 is 0 Å². The van der Waals surface area contributed by atoms with Gasteiger partial charge in [-0.1, -0.05) is 0 Å². The molecule has 2 unspecified atom stereocenters. The van der Waals surface area contributed by atoms with E-state index in [4.69, 9.17) is 0 Å². The van der Waals surface area contributed by atoms with E-state index in [2.05, 4.69) is 0 Å². The molecule has 2 nitrogen and oxygen atoms in total. The van der Waals surface area contributed by atoms with E-state index >= 15 is 0 Å². The van der Waals surface area contributed by atoms with Crippen LogP contribution in [0.5, 0.6) is 0 Å². The van der Waals surface area contributed by atoms with Gasteiger partial charge in [0.2, 0.25) is 0 Å². The molecule has 96 valence electrons. The van der Waals surface area contributed by atoms with Crippen LogP contribution in [0.2, 0.25) is 0 Å². The Bertz CT molecular complexity index is 325. The summed E-state index contributed by atoms with van der Waals surface area (Å²) < 4.78 is 0. The maximum absolute atomic E-state index is 10.9. The first-order valence-corrected chi connectivity index (χ1v) is 7.95. The van der Waals surface area contributed by atoms with Crippen LogP contribution in [-0.4, -0.2) is 28.0 Å². The van der Waals surface area contributed by atoms with Crippen molar-refractivity contribution in [3.8, 4) is 0 Å². The predicted molar refractivity (Wildman–Crippen MR) is 70.1 cm³/mol. The lowest BCUT2D eigenvalue weighted by Crippen LogP contribution is -2.41. The van der Waals surface area contributed by atoms with E-state index in [0.717, 1.165) is 42.6 Å². The number of Topliss-reactive ketones (excluding diaryl/α,β-unsaturated/α-hetero) is 1. The molecule has 1 N–H and O–H groups in total. The standard InChI is InChI=1S/C14H22O2S/c1-10(15)2-3-17-9-13-4-11-6-14(16,8-13)7-12(11)5-13/h11-12,16H,2-9H2,1H3. The lowest BCUT2D eigenvalue weighted by molar-refractivity contribution is -0.116. The van der Waals surface area contributed by atoms with Gasteiger partial charge < -0.3 is 5.11 Å². The zero-order valence-electron chi connectivity index (χ0n) is 10.6. The van der Waals surface area contributed by atoms with Gasteiger partial charge >= 0.3 is 0 Å². The van der Waals surface area contributed by atoms with Gasteiger partial charge in [-0.05, 0) is 62.0 Å². The summed E-state index contributed by atoms with van der Waals surface area (Å²) in [5, 5.41) is 10.5. The van der Waals surface area contributed by atoms with Crippen LogP contribution in [0.1, 0.15) is 45.4 Å². The molecule has 2 atom stereocenters. The molecule has 0 aliphatic heterocycles. The normalized spacial score (nSPS) is 46.7. The van der Waals surface area contributed by atoms with E-state index in [9.17, 15) is 9.90 Å². The Labute approximate surface area is 108 Å². The molecule has 4 rings (SSSR count). The minimum atomic E-state index is -0.313. The second-order valence-electron chi connectivity index (χ2n) is 6.74. The third-order valence-corrected chi connectivity index (χ3v) is 6.36. The Morgan fingerprint density at radius 3 is 2.47 bits per heavy atom. The van der Waals surface area contributed by atoms with Crippen LogP contribution in [0.15, 0.2) is 0 Å². The largest absolute Gasteiger partial charge is 0.390 e. The molecule has 4 bridgehead atoms. The highest BCUT2D eigenvalue weighted by molar-refractivity contribution is 7.99. The monoisotopic (exact) mass is 254 g/mol. The average molecular weight is 254 g/mol. The van der Waals surface area contributed by atoms with Gasteiger partial charge in [-0.3, -0.25) is 4.79 Å². The van der Waals surface area contributed by atoms with Crippen LogP contribution in [0.3, 0.4) is 0 Å². The van der Waals surface area contributed by atoms with Crippen molar-refractivity contribution in [1.29, 1.82) is 0 Å². The number of hydrogen-bond donors (Lipinski definition) is 1. The van der Waals surface area contributed by atoms with Gasteiger partial charge in [-0.15, -0.1) is 0 Å². The lowest BCUT2D eigenvalue weighted by Gasteiger charge is -2.43. The molecule has 0 aromatic heterocycles. The molecule has 0 amide bonds. The minimum absolute atomic E-state index is 0.296. The molecular weight excluding hydrogens is 232 g/mol. The summed E-state index contributed by atoms with van der Waals surface area (Å²) in [5.74, 6) is 4.04. The summed E-state index contributed by atoms with van der Waals surface area (Å²) in [6.45, 7) is 1.67. The summed E-state index contributed by atoms with van der Waals surface area (Å²) >= 11 is 1.93. The van der Waals surface area contributed by atoms with Crippen molar-refractivity contribution in [3.63, 3.8) is 0 Å². The zero-order chi connectivity index (χ0) is 12.1. The van der Waals surface area contributed by atoms with E-state index in [0.29, 0.717) is 17.6 Å². The number of hydrogen-bond acceptors (Lipinski definition) is 3. The van der Waals surface area contributed by atoms with Crippen LogP contribution in [0.25, 0.3) is 0 Å². The SMILES string of the molecule is CC(=O)CCSCC12CC3CC(O)(CC3C1)C2. The maximum atomic E-state index is 10.9. The summed E-state index contributed by atoms with van der Waals surface area (Å²) in [7, 11) is 0. The van der Waals surface area contributed by atoms with Crippen molar-refractivity contribution >= 4 is 17.5 Å². The zero-order valence-corrected chi connectivity index (χ0v) is 11.4. The van der Waals surface area contributed by atoms with Crippen LogP contribution in [0.4, 0.5) is 0 Å². The van der Waals surface area contributed by atoms with E-state index < -0.39 is 0 Å². The van der Waals surface area contributed by atoms with E-state index in [-0.39, 0.29) is 5.60 Å². The summed E-state index contributed by atoms with van der Waals surface area (Å²) in [5.41, 5.74) is 0.106. The van der Waals surface area contributed by atoms with E-state index in [1.54, 1.807) is 6.92 Å². The van der Waals surface area contributed by atoms with Crippen molar-refractivity contribution in [2.24, 2.45) is 17.3 Å². The number of aliphatic hydroxyl groups is 1. The van der Waals surface area contributed by atoms with Gasteiger partial charge in [0.05, 0.1) is 5.60 Å².